The number of amides is 2. The fourth-order valence-electron chi connectivity index (χ4n) is 4.49. The highest BCUT2D eigenvalue weighted by molar-refractivity contribution is 5.94. The number of likely N-dealkylation sites (N-methyl/N-ethyl adjacent to an activating group) is 1. The highest BCUT2D eigenvalue weighted by atomic mass is 16.2. The molecule has 2 aliphatic rings. The molecule has 0 bridgehead atoms. The number of carbonyl (C=O) groups is 2. The first kappa shape index (κ1) is 21.5. The third-order valence-electron chi connectivity index (χ3n) is 6.48. The molecule has 1 aromatic carbocycles. The van der Waals surface area contributed by atoms with Gasteiger partial charge < -0.3 is 9.80 Å². The van der Waals surface area contributed by atoms with E-state index in [9.17, 15) is 9.59 Å². The Morgan fingerprint density at radius 1 is 0.935 bits per heavy atom. The molecule has 164 valence electrons. The van der Waals surface area contributed by atoms with Crippen molar-refractivity contribution in [2.24, 2.45) is 0 Å². The van der Waals surface area contributed by atoms with Crippen molar-refractivity contribution in [3.8, 4) is 0 Å². The van der Waals surface area contributed by atoms with E-state index < -0.39 is 0 Å². The summed E-state index contributed by atoms with van der Waals surface area (Å²) in [4.78, 5) is 37.7. The van der Waals surface area contributed by atoms with E-state index >= 15 is 0 Å². The standard InChI is InChI=1S/C24H31N5O2/c1-26(21-5-3-2-4-6-21)23(30)19-27-15-17-28(18-16-27)22-9-13-29(14-10-22)24(31)20-7-11-25-12-8-20/h2-8,11-12,22H,9-10,13-19H2,1H3. The summed E-state index contributed by atoms with van der Waals surface area (Å²) >= 11 is 0. The van der Waals surface area contributed by atoms with Crippen molar-refractivity contribution in [2.75, 3.05) is 57.8 Å². The number of anilines is 1. The fourth-order valence-corrected chi connectivity index (χ4v) is 4.49. The SMILES string of the molecule is CN(C(=O)CN1CCN(C2CCN(C(=O)c3ccncc3)CC2)CC1)c1ccccc1. The van der Waals surface area contributed by atoms with Gasteiger partial charge in [-0.2, -0.15) is 0 Å². The van der Waals surface area contributed by atoms with E-state index in [-0.39, 0.29) is 11.8 Å². The number of pyridine rings is 1. The molecule has 0 unspecified atom stereocenters. The number of likely N-dealkylation sites (tertiary alicyclic amines) is 1. The van der Waals surface area contributed by atoms with Crippen LogP contribution in [0.2, 0.25) is 0 Å². The summed E-state index contributed by atoms with van der Waals surface area (Å²) in [6.07, 6.45) is 5.35. The minimum atomic E-state index is 0.103. The molecular formula is C24H31N5O2. The predicted octanol–water partition coefficient (Wildman–Crippen LogP) is 1.97. The van der Waals surface area contributed by atoms with Crippen LogP contribution in [-0.2, 0) is 4.79 Å². The van der Waals surface area contributed by atoms with E-state index in [0.29, 0.717) is 18.2 Å². The van der Waals surface area contributed by atoms with Crippen LogP contribution in [0.5, 0.6) is 0 Å². The minimum absolute atomic E-state index is 0.103. The zero-order valence-corrected chi connectivity index (χ0v) is 18.2. The molecular weight excluding hydrogens is 390 g/mol. The quantitative estimate of drug-likeness (QED) is 0.739. The topological polar surface area (TPSA) is 60.0 Å². The maximum absolute atomic E-state index is 12.6. The van der Waals surface area contributed by atoms with Gasteiger partial charge in [0.05, 0.1) is 6.54 Å². The molecule has 2 saturated heterocycles. The van der Waals surface area contributed by atoms with Crippen molar-refractivity contribution >= 4 is 17.5 Å². The lowest BCUT2D eigenvalue weighted by atomic mass is 10.0. The van der Waals surface area contributed by atoms with Crippen molar-refractivity contribution in [3.05, 3.63) is 60.4 Å². The molecule has 3 heterocycles. The lowest BCUT2D eigenvalue weighted by Crippen LogP contribution is -2.55. The third kappa shape index (κ3) is 5.29. The second-order valence-electron chi connectivity index (χ2n) is 8.36. The van der Waals surface area contributed by atoms with Gasteiger partial charge in [-0.25, -0.2) is 0 Å². The second-order valence-corrected chi connectivity index (χ2v) is 8.36. The van der Waals surface area contributed by atoms with E-state index in [1.807, 2.05) is 42.3 Å². The lowest BCUT2D eigenvalue weighted by molar-refractivity contribution is -0.120. The van der Waals surface area contributed by atoms with Crippen LogP contribution in [0, 0.1) is 0 Å². The molecule has 7 nitrogen and oxygen atoms in total. The Bertz CT molecular complexity index is 860. The van der Waals surface area contributed by atoms with Crippen LogP contribution in [0.25, 0.3) is 0 Å². The molecule has 0 radical (unpaired) electrons. The zero-order chi connectivity index (χ0) is 21.6. The van der Waals surface area contributed by atoms with Crippen LogP contribution in [-0.4, -0.2) is 90.4 Å². The van der Waals surface area contributed by atoms with Crippen LogP contribution in [0.3, 0.4) is 0 Å². The van der Waals surface area contributed by atoms with Crippen molar-refractivity contribution in [1.82, 2.24) is 19.7 Å². The predicted molar refractivity (Wildman–Crippen MR) is 121 cm³/mol. The molecule has 2 fully saturated rings. The Hall–Kier alpha value is -2.77. The Morgan fingerprint density at radius 2 is 1.58 bits per heavy atom. The summed E-state index contributed by atoms with van der Waals surface area (Å²) in [5.41, 5.74) is 1.64. The van der Waals surface area contributed by atoms with Crippen molar-refractivity contribution in [3.63, 3.8) is 0 Å². The van der Waals surface area contributed by atoms with Crippen LogP contribution in [0.15, 0.2) is 54.9 Å². The molecule has 0 atom stereocenters. The van der Waals surface area contributed by atoms with Crippen molar-refractivity contribution in [1.29, 1.82) is 0 Å². The highest BCUT2D eigenvalue weighted by Gasteiger charge is 2.30. The van der Waals surface area contributed by atoms with Crippen molar-refractivity contribution < 1.29 is 9.59 Å². The molecule has 31 heavy (non-hydrogen) atoms. The van der Waals surface area contributed by atoms with Gasteiger partial charge in [-0.3, -0.25) is 24.4 Å². The summed E-state index contributed by atoms with van der Waals surface area (Å²) in [5.74, 6) is 0.231. The number of piperazine rings is 1. The number of piperidine rings is 1. The molecule has 4 rings (SSSR count). The number of para-hydroxylation sites is 1. The first-order valence-electron chi connectivity index (χ1n) is 11.1. The van der Waals surface area contributed by atoms with E-state index in [1.165, 1.54) is 0 Å². The second kappa shape index (κ2) is 10.0. The minimum Gasteiger partial charge on any atom is -0.339 e. The number of carbonyl (C=O) groups excluding carboxylic acids is 2. The Balaban J connectivity index is 1.21. The van der Waals surface area contributed by atoms with E-state index in [1.54, 1.807) is 29.4 Å². The van der Waals surface area contributed by atoms with E-state index in [2.05, 4.69) is 14.8 Å². The highest BCUT2D eigenvalue weighted by Crippen LogP contribution is 2.20. The Kier molecular flexibility index (Phi) is 6.94. The fraction of sp³-hybridized carbons (Fsp3) is 0.458. The molecule has 0 saturated carbocycles. The summed E-state index contributed by atoms with van der Waals surface area (Å²) < 4.78 is 0. The summed E-state index contributed by atoms with van der Waals surface area (Å²) in [7, 11) is 1.84. The maximum Gasteiger partial charge on any atom is 0.253 e. The molecule has 2 aliphatic heterocycles. The summed E-state index contributed by atoms with van der Waals surface area (Å²) in [5, 5.41) is 0. The lowest BCUT2D eigenvalue weighted by Gasteiger charge is -2.42. The molecule has 0 N–H and O–H groups in total. The smallest absolute Gasteiger partial charge is 0.253 e. The number of rotatable bonds is 5. The first-order valence-corrected chi connectivity index (χ1v) is 11.1. The largest absolute Gasteiger partial charge is 0.339 e. The van der Waals surface area contributed by atoms with Crippen LogP contribution in [0.4, 0.5) is 5.69 Å². The van der Waals surface area contributed by atoms with E-state index in [4.69, 9.17) is 0 Å². The van der Waals surface area contributed by atoms with Gasteiger partial charge >= 0.3 is 0 Å². The van der Waals surface area contributed by atoms with Gasteiger partial charge in [0, 0.05) is 76.0 Å². The molecule has 2 aromatic rings. The van der Waals surface area contributed by atoms with Gasteiger partial charge in [0.15, 0.2) is 0 Å². The average Bonchev–Trinajstić information content (AvgIpc) is 2.85. The van der Waals surface area contributed by atoms with Crippen LogP contribution < -0.4 is 4.90 Å². The monoisotopic (exact) mass is 421 g/mol. The number of aromatic nitrogens is 1. The average molecular weight is 422 g/mol. The van der Waals surface area contributed by atoms with Gasteiger partial charge in [-0.05, 0) is 37.1 Å². The van der Waals surface area contributed by atoms with E-state index in [0.717, 1.165) is 57.8 Å². The van der Waals surface area contributed by atoms with Gasteiger partial charge in [-0.1, -0.05) is 18.2 Å². The Labute approximate surface area is 184 Å². The third-order valence-corrected chi connectivity index (χ3v) is 6.48. The van der Waals surface area contributed by atoms with Crippen molar-refractivity contribution in [2.45, 2.75) is 18.9 Å². The number of hydrogen-bond donors (Lipinski definition) is 0. The summed E-state index contributed by atoms with van der Waals surface area (Å²) in [6, 6.07) is 13.9. The zero-order valence-electron chi connectivity index (χ0n) is 18.2. The van der Waals surface area contributed by atoms with Crippen LogP contribution >= 0.6 is 0 Å². The molecule has 2 amide bonds. The molecule has 1 aromatic heterocycles. The Morgan fingerprint density at radius 3 is 2.23 bits per heavy atom. The molecule has 0 aliphatic carbocycles. The van der Waals surface area contributed by atoms with Gasteiger partial charge in [-0.15, -0.1) is 0 Å². The normalized spacial score (nSPS) is 18.7. The number of hydrogen-bond acceptors (Lipinski definition) is 5. The first-order chi connectivity index (χ1) is 15.1. The molecule has 0 spiro atoms. The maximum atomic E-state index is 12.6. The van der Waals surface area contributed by atoms with Crippen LogP contribution in [0.1, 0.15) is 23.2 Å². The number of nitrogens with zero attached hydrogens (tertiary/aromatic N) is 5. The summed E-state index contributed by atoms with van der Waals surface area (Å²) in [6.45, 7) is 5.82. The van der Waals surface area contributed by atoms with Gasteiger partial charge in [0.2, 0.25) is 5.91 Å². The number of benzene rings is 1. The van der Waals surface area contributed by atoms with Gasteiger partial charge in [0.1, 0.15) is 0 Å². The van der Waals surface area contributed by atoms with Gasteiger partial charge in [0.25, 0.3) is 5.91 Å². The molecule has 7 heteroatoms.